The van der Waals surface area contributed by atoms with Crippen molar-refractivity contribution in [2.75, 3.05) is 13.3 Å². The molecule has 6 heteroatoms. The zero-order valence-electron chi connectivity index (χ0n) is 16.8. The molecule has 6 nitrogen and oxygen atoms in total. The maximum Gasteiger partial charge on any atom is 0.231 e. The van der Waals surface area contributed by atoms with Gasteiger partial charge in [0.15, 0.2) is 11.5 Å². The lowest BCUT2D eigenvalue weighted by Gasteiger charge is -2.28. The molecule has 0 spiro atoms. The Balaban J connectivity index is 1.32. The Morgan fingerprint density at radius 2 is 1.97 bits per heavy atom. The van der Waals surface area contributed by atoms with E-state index in [9.17, 15) is 0 Å². The fourth-order valence-electron chi connectivity index (χ4n) is 3.82. The second-order valence-electron chi connectivity index (χ2n) is 7.90. The summed E-state index contributed by atoms with van der Waals surface area (Å²) in [5, 5.41) is 0. The Morgan fingerprint density at radius 3 is 2.86 bits per heavy atom. The molecule has 29 heavy (non-hydrogen) atoms. The van der Waals surface area contributed by atoms with Crippen molar-refractivity contribution in [2.45, 2.75) is 39.3 Å². The number of aromatic nitrogens is 3. The molecule has 1 aromatic carbocycles. The lowest BCUT2D eigenvalue weighted by molar-refractivity contribution is 0.174. The van der Waals surface area contributed by atoms with Crippen LogP contribution in [-0.2, 0) is 19.5 Å². The summed E-state index contributed by atoms with van der Waals surface area (Å²) in [6, 6.07) is 12.2. The van der Waals surface area contributed by atoms with Gasteiger partial charge in [0.1, 0.15) is 5.82 Å². The average molecular weight is 388 g/mol. The highest BCUT2D eigenvalue weighted by molar-refractivity contribution is 5.64. The Bertz CT molecular complexity index is 1050. The van der Waals surface area contributed by atoms with Crippen LogP contribution in [0.1, 0.15) is 42.5 Å². The van der Waals surface area contributed by atoms with Crippen molar-refractivity contribution < 1.29 is 9.47 Å². The predicted molar refractivity (Wildman–Crippen MR) is 110 cm³/mol. The molecule has 0 bridgehead atoms. The zero-order chi connectivity index (χ0) is 19.8. The molecule has 148 valence electrons. The van der Waals surface area contributed by atoms with Crippen molar-refractivity contribution in [2.24, 2.45) is 0 Å². The van der Waals surface area contributed by atoms with Crippen molar-refractivity contribution >= 4 is 0 Å². The molecule has 2 aliphatic heterocycles. The van der Waals surface area contributed by atoms with Crippen molar-refractivity contribution in [3.8, 4) is 22.8 Å². The topological polar surface area (TPSA) is 60.4 Å². The number of nitrogens with zero attached hydrogens (tertiary/aromatic N) is 4. The quantitative estimate of drug-likeness (QED) is 0.674. The minimum absolute atomic E-state index is 0.283. The molecule has 2 aliphatic rings. The number of benzene rings is 1. The van der Waals surface area contributed by atoms with E-state index < -0.39 is 0 Å². The molecule has 0 fully saturated rings. The fourth-order valence-corrected chi connectivity index (χ4v) is 3.82. The normalized spacial score (nSPS) is 15.6. The third-order valence-electron chi connectivity index (χ3n) is 5.41. The van der Waals surface area contributed by atoms with Crippen LogP contribution in [0.5, 0.6) is 11.5 Å². The molecule has 4 heterocycles. The highest BCUT2D eigenvalue weighted by atomic mass is 16.7. The van der Waals surface area contributed by atoms with Crippen molar-refractivity contribution in [3.05, 3.63) is 65.4 Å². The second kappa shape index (κ2) is 7.44. The van der Waals surface area contributed by atoms with Crippen LogP contribution in [0.15, 0.2) is 42.6 Å². The molecule has 0 saturated carbocycles. The first-order valence-corrected chi connectivity index (χ1v) is 10.1. The Kier molecular flexibility index (Phi) is 4.64. The summed E-state index contributed by atoms with van der Waals surface area (Å²) < 4.78 is 10.9. The monoisotopic (exact) mass is 388 g/mol. The molecule has 0 unspecified atom stereocenters. The zero-order valence-corrected chi connectivity index (χ0v) is 16.8. The van der Waals surface area contributed by atoms with Crippen LogP contribution in [0.4, 0.5) is 0 Å². The first kappa shape index (κ1) is 18.1. The van der Waals surface area contributed by atoms with Gasteiger partial charge < -0.3 is 9.47 Å². The molecular weight excluding hydrogens is 364 g/mol. The van der Waals surface area contributed by atoms with Gasteiger partial charge in [-0.15, -0.1) is 0 Å². The largest absolute Gasteiger partial charge is 0.454 e. The number of ether oxygens (including phenoxy) is 2. The van der Waals surface area contributed by atoms with Gasteiger partial charge in [0, 0.05) is 55.0 Å². The summed E-state index contributed by atoms with van der Waals surface area (Å²) in [6.45, 7) is 7.21. The second-order valence-corrected chi connectivity index (χ2v) is 7.90. The molecule has 5 rings (SSSR count). The summed E-state index contributed by atoms with van der Waals surface area (Å²) in [5.41, 5.74) is 5.47. The van der Waals surface area contributed by atoms with E-state index in [4.69, 9.17) is 19.4 Å². The first-order chi connectivity index (χ1) is 14.2. The van der Waals surface area contributed by atoms with Crippen molar-refractivity contribution in [1.82, 2.24) is 19.9 Å². The summed E-state index contributed by atoms with van der Waals surface area (Å²) in [4.78, 5) is 16.6. The van der Waals surface area contributed by atoms with Gasteiger partial charge in [0.05, 0.1) is 11.4 Å². The molecular formula is C23H24N4O2. The Morgan fingerprint density at radius 1 is 1.07 bits per heavy atom. The molecule has 0 amide bonds. The van der Waals surface area contributed by atoms with Crippen molar-refractivity contribution in [1.29, 1.82) is 0 Å². The van der Waals surface area contributed by atoms with E-state index in [-0.39, 0.29) is 6.79 Å². The SMILES string of the molecule is CC(C)c1ncc2c(n1)CCN(Cc1cccc(-c3ccc4c(c3)OCO4)n1)C2. The third-order valence-corrected chi connectivity index (χ3v) is 5.41. The van der Waals surface area contributed by atoms with Crippen LogP contribution in [-0.4, -0.2) is 33.2 Å². The average Bonchev–Trinajstić information content (AvgIpc) is 3.21. The molecule has 0 radical (unpaired) electrons. The van der Waals surface area contributed by atoms with Gasteiger partial charge in [0.25, 0.3) is 0 Å². The number of pyridine rings is 1. The summed E-state index contributed by atoms with van der Waals surface area (Å²) in [7, 11) is 0. The molecule has 3 aromatic rings. The van der Waals surface area contributed by atoms with Gasteiger partial charge in [-0.25, -0.2) is 9.97 Å². The fraction of sp³-hybridized carbons (Fsp3) is 0.348. The van der Waals surface area contributed by atoms with Crippen LogP contribution >= 0.6 is 0 Å². The molecule has 0 saturated heterocycles. The Hall–Kier alpha value is -2.99. The van der Waals surface area contributed by atoms with Gasteiger partial charge in [-0.1, -0.05) is 19.9 Å². The summed E-state index contributed by atoms with van der Waals surface area (Å²) >= 11 is 0. The Labute approximate surface area is 170 Å². The van der Waals surface area contributed by atoms with Gasteiger partial charge in [-0.3, -0.25) is 9.88 Å². The van der Waals surface area contributed by atoms with E-state index in [0.717, 1.165) is 60.3 Å². The van der Waals surface area contributed by atoms with Crippen LogP contribution in [0.2, 0.25) is 0 Å². The number of fused-ring (bicyclic) bond motifs is 2. The van der Waals surface area contributed by atoms with Crippen LogP contribution in [0, 0.1) is 0 Å². The van der Waals surface area contributed by atoms with E-state index in [2.05, 4.69) is 35.9 Å². The highest BCUT2D eigenvalue weighted by Gasteiger charge is 2.20. The standard InChI is InChI=1S/C23H24N4O2/c1-15(2)23-24-11-17-12-27(9-8-20(17)26-23)13-18-4-3-5-19(25-18)16-6-7-21-22(10-16)29-14-28-21/h3-7,10-11,15H,8-9,12-14H2,1-2H3. The van der Waals surface area contributed by atoms with Crippen LogP contribution in [0.3, 0.4) is 0 Å². The van der Waals surface area contributed by atoms with Gasteiger partial charge in [-0.2, -0.15) is 0 Å². The van der Waals surface area contributed by atoms with Crippen LogP contribution < -0.4 is 9.47 Å². The lowest BCUT2D eigenvalue weighted by atomic mass is 10.1. The molecule has 0 N–H and O–H groups in total. The van der Waals surface area contributed by atoms with Gasteiger partial charge >= 0.3 is 0 Å². The van der Waals surface area contributed by atoms with Crippen LogP contribution in [0.25, 0.3) is 11.3 Å². The van der Waals surface area contributed by atoms with E-state index >= 15 is 0 Å². The van der Waals surface area contributed by atoms with E-state index in [1.165, 1.54) is 11.3 Å². The molecule has 0 atom stereocenters. The minimum Gasteiger partial charge on any atom is -0.454 e. The predicted octanol–water partition coefficient (Wildman–Crippen LogP) is 3.95. The molecule has 0 aliphatic carbocycles. The number of hydrogen-bond acceptors (Lipinski definition) is 6. The maximum atomic E-state index is 5.50. The third kappa shape index (κ3) is 3.68. The number of hydrogen-bond donors (Lipinski definition) is 0. The van der Waals surface area contributed by atoms with E-state index in [1.54, 1.807) is 0 Å². The van der Waals surface area contributed by atoms with Gasteiger partial charge in [0.2, 0.25) is 6.79 Å². The smallest absolute Gasteiger partial charge is 0.231 e. The minimum atomic E-state index is 0.283. The van der Waals surface area contributed by atoms with Gasteiger partial charge in [-0.05, 0) is 30.3 Å². The van der Waals surface area contributed by atoms with Crippen molar-refractivity contribution in [3.63, 3.8) is 0 Å². The maximum absolute atomic E-state index is 5.50. The number of rotatable bonds is 4. The first-order valence-electron chi connectivity index (χ1n) is 10.1. The lowest BCUT2D eigenvalue weighted by Crippen LogP contribution is -2.31. The highest BCUT2D eigenvalue weighted by Crippen LogP contribution is 2.35. The summed E-state index contributed by atoms with van der Waals surface area (Å²) in [6.07, 6.45) is 2.96. The molecule has 2 aromatic heterocycles. The summed E-state index contributed by atoms with van der Waals surface area (Å²) in [5.74, 6) is 2.87. The van der Waals surface area contributed by atoms with E-state index in [1.807, 2.05) is 30.5 Å². The van der Waals surface area contributed by atoms with E-state index in [0.29, 0.717) is 5.92 Å².